The van der Waals surface area contributed by atoms with Gasteiger partial charge in [0, 0.05) is 19.1 Å². The molecule has 0 heterocycles. The molecule has 1 N–H and O–H groups in total. The molecule has 0 saturated heterocycles. The third-order valence-corrected chi connectivity index (χ3v) is 3.68. The molecular formula is C17H22F2N2O3. The van der Waals surface area contributed by atoms with Crippen LogP contribution in [-0.2, 0) is 11.3 Å². The smallest absolute Gasteiger partial charge is 0.387 e. The molecule has 24 heavy (non-hydrogen) atoms. The molecular weight excluding hydrogens is 318 g/mol. The average molecular weight is 340 g/mol. The van der Waals surface area contributed by atoms with Gasteiger partial charge in [-0.25, -0.2) is 0 Å². The summed E-state index contributed by atoms with van der Waals surface area (Å²) >= 11 is 0. The number of methoxy groups -OCH3 is 1. The lowest BCUT2D eigenvalue weighted by molar-refractivity contribution is -0.122. The first-order valence-electron chi connectivity index (χ1n) is 7.77. The highest BCUT2D eigenvalue weighted by Gasteiger charge is 2.30. The molecule has 1 fully saturated rings. The Morgan fingerprint density at radius 2 is 2.21 bits per heavy atom. The Morgan fingerprint density at radius 3 is 2.79 bits per heavy atom. The van der Waals surface area contributed by atoms with Gasteiger partial charge in [-0.1, -0.05) is 12.1 Å². The molecule has 0 unspecified atom stereocenters. The van der Waals surface area contributed by atoms with Crippen LogP contribution in [0.5, 0.6) is 11.5 Å². The van der Waals surface area contributed by atoms with Crippen molar-refractivity contribution >= 4 is 5.91 Å². The maximum atomic E-state index is 12.4. The second-order valence-electron chi connectivity index (χ2n) is 5.59. The van der Waals surface area contributed by atoms with Gasteiger partial charge in [-0.05, 0) is 30.5 Å². The lowest BCUT2D eigenvalue weighted by Gasteiger charge is -2.22. The third kappa shape index (κ3) is 5.49. The van der Waals surface area contributed by atoms with Crippen molar-refractivity contribution in [3.8, 4) is 11.5 Å². The number of nitrogens with zero attached hydrogens (tertiary/aromatic N) is 1. The van der Waals surface area contributed by atoms with Crippen LogP contribution in [0.15, 0.2) is 30.9 Å². The summed E-state index contributed by atoms with van der Waals surface area (Å²) in [7, 11) is 1.40. The Morgan fingerprint density at radius 1 is 1.46 bits per heavy atom. The van der Waals surface area contributed by atoms with Crippen LogP contribution in [-0.4, -0.2) is 43.7 Å². The van der Waals surface area contributed by atoms with Gasteiger partial charge in [-0.15, -0.1) is 6.58 Å². The molecule has 1 aromatic carbocycles. The number of amides is 1. The molecule has 0 aliphatic heterocycles. The second kappa shape index (κ2) is 8.63. The molecule has 0 aromatic heterocycles. The van der Waals surface area contributed by atoms with Crippen LogP contribution in [0.3, 0.4) is 0 Å². The van der Waals surface area contributed by atoms with Gasteiger partial charge in [-0.2, -0.15) is 8.78 Å². The van der Waals surface area contributed by atoms with E-state index < -0.39 is 6.61 Å². The number of hydrogen-bond donors (Lipinski definition) is 1. The average Bonchev–Trinajstić information content (AvgIpc) is 3.38. The second-order valence-corrected chi connectivity index (χ2v) is 5.59. The molecule has 2 rings (SSSR count). The Hall–Kier alpha value is -2.15. The number of ether oxygens (including phenoxy) is 2. The molecule has 5 nitrogen and oxygen atoms in total. The van der Waals surface area contributed by atoms with Gasteiger partial charge in [0.2, 0.25) is 5.91 Å². The summed E-state index contributed by atoms with van der Waals surface area (Å²) < 4.78 is 34.3. The van der Waals surface area contributed by atoms with Crippen LogP contribution in [0.2, 0.25) is 0 Å². The van der Waals surface area contributed by atoms with Crippen molar-refractivity contribution in [2.45, 2.75) is 32.0 Å². The van der Waals surface area contributed by atoms with Crippen molar-refractivity contribution < 1.29 is 23.0 Å². The van der Waals surface area contributed by atoms with Crippen LogP contribution < -0.4 is 14.8 Å². The summed E-state index contributed by atoms with van der Waals surface area (Å²) in [6.45, 7) is 1.93. The Bertz CT molecular complexity index is 577. The number of alkyl halides is 2. The molecule has 0 radical (unpaired) electrons. The number of carbonyl (C=O) groups is 1. The van der Waals surface area contributed by atoms with E-state index in [1.54, 1.807) is 18.2 Å². The molecule has 0 atom stereocenters. The van der Waals surface area contributed by atoms with E-state index in [2.05, 4.69) is 21.5 Å². The van der Waals surface area contributed by atoms with Crippen LogP contribution in [0.1, 0.15) is 18.4 Å². The number of carbonyl (C=O) groups excluding carboxylic acids is 1. The molecule has 1 saturated carbocycles. The van der Waals surface area contributed by atoms with Gasteiger partial charge in [0.05, 0.1) is 13.7 Å². The van der Waals surface area contributed by atoms with Crippen molar-refractivity contribution in [2.75, 3.05) is 20.2 Å². The highest BCUT2D eigenvalue weighted by Crippen LogP contribution is 2.32. The minimum atomic E-state index is -2.90. The number of benzene rings is 1. The van der Waals surface area contributed by atoms with Gasteiger partial charge >= 0.3 is 6.61 Å². The summed E-state index contributed by atoms with van der Waals surface area (Å²) in [4.78, 5) is 14.0. The molecule has 7 heteroatoms. The van der Waals surface area contributed by atoms with E-state index in [9.17, 15) is 13.6 Å². The fourth-order valence-corrected chi connectivity index (χ4v) is 2.42. The summed E-state index contributed by atoms with van der Waals surface area (Å²) in [5, 5.41) is 2.76. The molecule has 1 aliphatic carbocycles. The highest BCUT2D eigenvalue weighted by atomic mass is 19.3. The quantitative estimate of drug-likeness (QED) is 0.665. The summed E-state index contributed by atoms with van der Waals surface area (Å²) in [6.07, 6.45) is 3.74. The van der Waals surface area contributed by atoms with Crippen LogP contribution in [0.4, 0.5) is 8.78 Å². The van der Waals surface area contributed by atoms with E-state index in [1.165, 1.54) is 13.2 Å². The first-order chi connectivity index (χ1) is 11.5. The van der Waals surface area contributed by atoms with E-state index in [1.807, 2.05) is 0 Å². The van der Waals surface area contributed by atoms with Gasteiger partial charge in [0.15, 0.2) is 11.5 Å². The highest BCUT2D eigenvalue weighted by molar-refractivity contribution is 5.78. The Balaban J connectivity index is 2.03. The maximum absolute atomic E-state index is 12.4. The van der Waals surface area contributed by atoms with Crippen molar-refractivity contribution in [1.29, 1.82) is 0 Å². The normalized spacial score (nSPS) is 13.9. The first-order valence-corrected chi connectivity index (χ1v) is 7.77. The Labute approximate surface area is 140 Å². The van der Waals surface area contributed by atoms with Crippen molar-refractivity contribution in [3.05, 3.63) is 36.4 Å². The SMILES string of the molecule is C=CCNC(=O)CN(Cc1ccc(OC(F)F)c(OC)c1)C1CC1. The number of halogens is 2. The lowest BCUT2D eigenvalue weighted by atomic mass is 10.2. The molecule has 1 aliphatic rings. The third-order valence-electron chi connectivity index (χ3n) is 3.68. The summed E-state index contributed by atoms with van der Waals surface area (Å²) in [5.41, 5.74) is 0.872. The molecule has 132 valence electrons. The monoisotopic (exact) mass is 340 g/mol. The predicted molar refractivity (Wildman–Crippen MR) is 86.3 cm³/mol. The Kier molecular flexibility index (Phi) is 6.54. The topological polar surface area (TPSA) is 50.8 Å². The zero-order valence-corrected chi connectivity index (χ0v) is 13.6. The maximum Gasteiger partial charge on any atom is 0.387 e. The predicted octanol–water partition coefficient (Wildman–Crippen LogP) is 2.56. The van der Waals surface area contributed by atoms with Gasteiger partial charge < -0.3 is 14.8 Å². The number of rotatable bonds is 10. The standard InChI is InChI=1S/C17H22F2N2O3/c1-3-8-20-16(22)11-21(13-5-6-13)10-12-4-7-14(24-17(18)19)15(9-12)23-2/h3-4,7,9,13,17H,1,5-6,8,10-11H2,2H3,(H,20,22). The molecule has 0 bridgehead atoms. The van der Waals surface area contributed by atoms with E-state index in [0.717, 1.165) is 18.4 Å². The van der Waals surface area contributed by atoms with E-state index in [4.69, 9.17) is 4.74 Å². The first kappa shape index (κ1) is 18.2. The van der Waals surface area contributed by atoms with Crippen LogP contribution in [0.25, 0.3) is 0 Å². The van der Waals surface area contributed by atoms with Crippen LogP contribution >= 0.6 is 0 Å². The molecule has 1 amide bonds. The van der Waals surface area contributed by atoms with Gasteiger partial charge in [0.1, 0.15) is 0 Å². The van der Waals surface area contributed by atoms with Crippen molar-refractivity contribution in [2.24, 2.45) is 0 Å². The number of nitrogens with one attached hydrogen (secondary N) is 1. The largest absolute Gasteiger partial charge is 0.493 e. The lowest BCUT2D eigenvalue weighted by Crippen LogP contribution is -2.38. The van der Waals surface area contributed by atoms with E-state index in [0.29, 0.717) is 19.1 Å². The van der Waals surface area contributed by atoms with Crippen molar-refractivity contribution in [3.63, 3.8) is 0 Å². The zero-order valence-electron chi connectivity index (χ0n) is 13.6. The van der Waals surface area contributed by atoms with Gasteiger partial charge in [0.25, 0.3) is 0 Å². The number of hydrogen-bond acceptors (Lipinski definition) is 4. The summed E-state index contributed by atoms with van der Waals surface area (Å²) in [6, 6.07) is 5.21. The fourth-order valence-electron chi connectivity index (χ4n) is 2.42. The molecule has 1 aromatic rings. The zero-order chi connectivity index (χ0) is 17.5. The van der Waals surface area contributed by atoms with Crippen LogP contribution in [0, 0.1) is 0 Å². The van der Waals surface area contributed by atoms with Gasteiger partial charge in [-0.3, -0.25) is 9.69 Å². The molecule has 0 spiro atoms. The van der Waals surface area contributed by atoms with Crippen molar-refractivity contribution in [1.82, 2.24) is 10.2 Å². The minimum Gasteiger partial charge on any atom is -0.493 e. The van der Waals surface area contributed by atoms with E-state index in [-0.39, 0.29) is 24.0 Å². The fraction of sp³-hybridized carbons (Fsp3) is 0.471. The minimum absolute atomic E-state index is 0.00190. The van der Waals surface area contributed by atoms with E-state index >= 15 is 0 Å². The summed E-state index contributed by atoms with van der Waals surface area (Å²) in [5.74, 6) is 0.184.